The molecule has 0 saturated carbocycles. The van der Waals surface area contributed by atoms with Crippen LogP contribution >= 0.6 is 0 Å². The molecule has 0 aliphatic heterocycles. The molecule has 5 heteroatoms. The predicted molar refractivity (Wildman–Crippen MR) is 109 cm³/mol. The molecular formula is C23H21N3O2. The lowest BCUT2D eigenvalue weighted by molar-refractivity contribution is 0.0697. The summed E-state index contributed by atoms with van der Waals surface area (Å²) in [7, 11) is 0. The fourth-order valence-corrected chi connectivity index (χ4v) is 3.51. The Morgan fingerprint density at radius 1 is 1.07 bits per heavy atom. The predicted octanol–water partition coefficient (Wildman–Crippen LogP) is 4.81. The molecule has 5 nitrogen and oxygen atoms in total. The van der Waals surface area contributed by atoms with Gasteiger partial charge >= 0.3 is 5.97 Å². The number of carboxylic acids is 1. The summed E-state index contributed by atoms with van der Waals surface area (Å²) in [6, 6.07) is 17.0. The monoisotopic (exact) mass is 371 g/mol. The quantitative estimate of drug-likeness (QED) is 0.547. The summed E-state index contributed by atoms with van der Waals surface area (Å²) >= 11 is 0. The first kappa shape index (κ1) is 17.9. The van der Waals surface area contributed by atoms with Crippen molar-refractivity contribution in [1.29, 1.82) is 0 Å². The van der Waals surface area contributed by atoms with E-state index >= 15 is 0 Å². The Kier molecular flexibility index (Phi) is 4.65. The Morgan fingerprint density at radius 3 is 2.54 bits per heavy atom. The molecule has 2 aromatic carbocycles. The van der Waals surface area contributed by atoms with Gasteiger partial charge in [0.25, 0.3) is 0 Å². The SMILES string of the molecule is CC(C)c1nn2cccnc2c1Cc1ccc(-c2ccccc2C(=O)O)cc1. The Bertz CT molecular complexity index is 1140. The van der Waals surface area contributed by atoms with Crippen LogP contribution in [-0.4, -0.2) is 25.7 Å². The van der Waals surface area contributed by atoms with Gasteiger partial charge in [0.2, 0.25) is 0 Å². The molecule has 4 aromatic rings. The normalized spacial score (nSPS) is 11.2. The molecule has 140 valence electrons. The highest BCUT2D eigenvalue weighted by molar-refractivity contribution is 5.96. The maximum atomic E-state index is 11.5. The minimum absolute atomic E-state index is 0.304. The third-order valence-electron chi connectivity index (χ3n) is 4.87. The first-order valence-corrected chi connectivity index (χ1v) is 9.28. The van der Waals surface area contributed by atoms with Gasteiger partial charge in [-0.2, -0.15) is 5.10 Å². The van der Waals surface area contributed by atoms with Gasteiger partial charge in [0.15, 0.2) is 5.65 Å². The van der Waals surface area contributed by atoms with Gasteiger partial charge in [-0.3, -0.25) is 0 Å². The van der Waals surface area contributed by atoms with Crippen LogP contribution in [0.25, 0.3) is 16.8 Å². The number of carboxylic acid groups (broad SMARTS) is 1. The van der Waals surface area contributed by atoms with Crippen molar-refractivity contribution < 1.29 is 9.90 Å². The van der Waals surface area contributed by atoms with Crippen LogP contribution in [0.4, 0.5) is 0 Å². The van der Waals surface area contributed by atoms with Gasteiger partial charge in [0, 0.05) is 24.4 Å². The Labute approximate surface area is 163 Å². The second-order valence-electron chi connectivity index (χ2n) is 7.13. The van der Waals surface area contributed by atoms with Crippen molar-refractivity contribution in [3.05, 3.63) is 89.4 Å². The van der Waals surface area contributed by atoms with Gasteiger partial charge in [-0.15, -0.1) is 0 Å². The lowest BCUT2D eigenvalue weighted by Gasteiger charge is -2.09. The van der Waals surface area contributed by atoms with Crippen molar-refractivity contribution in [3.8, 4) is 11.1 Å². The Hall–Kier alpha value is -3.47. The summed E-state index contributed by atoms with van der Waals surface area (Å²) in [6.45, 7) is 4.27. The summed E-state index contributed by atoms with van der Waals surface area (Å²) < 4.78 is 1.84. The summed E-state index contributed by atoms with van der Waals surface area (Å²) in [5, 5.41) is 14.1. The van der Waals surface area contributed by atoms with E-state index in [-0.39, 0.29) is 0 Å². The number of rotatable bonds is 5. The minimum Gasteiger partial charge on any atom is -0.478 e. The fourth-order valence-electron chi connectivity index (χ4n) is 3.51. The standard InChI is InChI=1S/C23H21N3O2/c1-15(2)21-20(22-24-12-5-13-26(22)25-21)14-16-8-10-17(11-9-16)18-6-3-4-7-19(18)23(27)28/h3-13,15H,14H2,1-2H3,(H,27,28). The summed E-state index contributed by atoms with van der Waals surface area (Å²) in [5.74, 6) is -0.614. The van der Waals surface area contributed by atoms with Crippen molar-refractivity contribution in [2.75, 3.05) is 0 Å². The van der Waals surface area contributed by atoms with Crippen LogP contribution in [-0.2, 0) is 6.42 Å². The molecule has 0 atom stereocenters. The van der Waals surface area contributed by atoms with E-state index < -0.39 is 5.97 Å². The number of hydrogen-bond acceptors (Lipinski definition) is 3. The number of fused-ring (bicyclic) bond motifs is 1. The Balaban J connectivity index is 1.69. The van der Waals surface area contributed by atoms with E-state index in [1.165, 1.54) is 0 Å². The van der Waals surface area contributed by atoms with Crippen molar-refractivity contribution in [1.82, 2.24) is 14.6 Å². The molecule has 0 unspecified atom stereocenters. The van der Waals surface area contributed by atoms with Crippen LogP contribution < -0.4 is 0 Å². The van der Waals surface area contributed by atoms with Crippen LogP contribution in [0, 0.1) is 0 Å². The number of aromatic carboxylic acids is 1. The molecule has 0 amide bonds. The van der Waals surface area contributed by atoms with E-state index in [9.17, 15) is 9.90 Å². The van der Waals surface area contributed by atoms with E-state index in [0.29, 0.717) is 11.5 Å². The van der Waals surface area contributed by atoms with Gasteiger partial charge in [-0.25, -0.2) is 14.3 Å². The molecule has 28 heavy (non-hydrogen) atoms. The second kappa shape index (κ2) is 7.27. The number of aromatic nitrogens is 3. The van der Waals surface area contributed by atoms with Crippen molar-refractivity contribution in [2.45, 2.75) is 26.2 Å². The van der Waals surface area contributed by atoms with Gasteiger partial charge in [-0.1, -0.05) is 56.3 Å². The van der Waals surface area contributed by atoms with Gasteiger partial charge in [0.05, 0.1) is 11.3 Å². The van der Waals surface area contributed by atoms with Gasteiger partial charge in [0.1, 0.15) is 0 Å². The number of carbonyl (C=O) groups is 1. The summed E-state index contributed by atoms with van der Waals surface area (Å²) in [6.07, 6.45) is 4.44. The van der Waals surface area contributed by atoms with Crippen LogP contribution in [0.3, 0.4) is 0 Å². The topological polar surface area (TPSA) is 67.5 Å². The van der Waals surface area contributed by atoms with Crippen LogP contribution in [0.15, 0.2) is 67.0 Å². The summed E-state index contributed by atoms with van der Waals surface area (Å²) in [5.41, 5.74) is 6.13. The molecule has 4 rings (SSSR count). The number of nitrogens with zero attached hydrogens (tertiary/aromatic N) is 3. The van der Waals surface area contributed by atoms with Crippen LogP contribution in [0.1, 0.15) is 46.9 Å². The lowest BCUT2D eigenvalue weighted by Crippen LogP contribution is -1.99. The zero-order valence-corrected chi connectivity index (χ0v) is 15.8. The van der Waals surface area contributed by atoms with Crippen molar-refractivity contribution in [2.24, 2.45) is 0 Å². The molecule has 0 spiro atoms. The van der Waals surface area contributed by atoms with Crippen LogP contribution in [0.5, 0.6) is 0 Å². The molecule has 0 aliphatic rings. The highest BCUT2D eigenvalue weighted by atomic mass is 16.4. The molecule has 0 radical (unpaired) electrons. The first-order valence-electron chi connectivity index (χ1n) is 9.28. The smallest absolute Gasteiger partial charge is 0.336 e. The fraction of sp³-hybridized carbons (Fsp3) is 0.174. The maximum absolute atomic E-state index is 11.5. The number of hydrogen-bond donors (Lipinski definition) is 1. The Morgan fingerprint density at radius 2 is 1.82 bits per heavy atom. The minimum atomic E-state index is -0.918. The largest absolute Gasteiger partial charge is 0.478 e. The third kappa shape index (κ3) is 3.27. The van der Waals surface area contributed by atoms with Crippen molar-refractivity contribution >= 4 is 11.6 Å². The van der Waals surface area contributed by atoms with E-state index in [1.807, 2.05) is 53.2 Å². The molecule has 0 bridgehead atoms. The molecule has 0 aliphatic carbocycles. The highest BCUT2D eigenvalue weighted by Crippen LogP contribution is 2.27. The average molecular weight is 371 g/mol. The molecule has 2 aromatic heterocycles. The zero-order valence-electron chi connectivity index (χ0n) is 15.8. The maximum Gasteiger partial charge on any atom is 0.336 e. The molecule has 0 fully saturated rings. The highest BCUT2D eigenvalue weighted by Gasteiger charge is 2.17. The van der Waals surface area contributed by atoms with E-state index in [1.54, 1.807) is 18.3 Å². The zero-order chi connectivity index (χ0) is 19.7. The van der Waals surface area contributed by atoms with Gasteiger partial charge < -0.3 is 5.11 Å². The molecule has 2 heterocycles. The number of benzene rings is 2. The van der Waals surface area contributed by atoms with Gasteiger partial charge in [-0.05, 0) is 34.7 Å². The van der Waals surface area contributed by atoms with Crippen LogP contribution in [0.2, 0.25) is 0 Å². The second-order valence-corrected chi connectivity index (χ2v) is 7.13. The molecule has 0 saturated heterocycles. The average Bonchev–Trinajstić information content (AvgIpc) is 3.07. The van der Waals surface area contributed by atoms with E-state index in [2.05, 4.69) is 18.8 Å². The van der Waals surface area contributed by atoms with Crippen molar-refractivity contribution in [3.63, 3.8) is 0 Å². The molecule has 1 N–H and O–H groups in total. The molecular weight excluding hydrogens is 350 g/mol. The first-order chi connectivity index (χ1) is 13.5. The van der Waals surface area contributed by atoms with E-state index in [0.717, 1.165) is 40.0 Å². The third-order valence-corrected chi connectivity index (χ3v) is 4.87. The van der Waals surface area contributed by atoms with E-state index in [4.69, 9.17) is 5.10 Å². The lowest BCUT2D eigenvalue weighted by atomic mass is 9.96. The summed E-state index contributed by atoms with van der Waals surface area (Å²) in [4.78, 5) is 16.0.